The van der Waals surface area contributed by atoms with Crippen molar-refractivity contribution in [2.75, 3.05) is 0 Å². The molecule has 6 aromatic carbocycles. The molecule has 0 radical (unpaired) electrons. The quantitative estimate of drug-likeness (QED) is 0.135. The molecule has 0 fully saturated rings. The summed E-state index contributed by atoms with van der Waals surface area (Å²) in [5.74, 6) is 0. The molecule has 0 atom stereocenters. The molecule has 0 heterocycles. The van der Waals surface area contributed by atoms with Gasteiger partial charge in [0.15, 0.2) is 0 Å². The minimum atomic E-state index is 0. The number of halogens is 2. The zero-order valence-corrected chi connectivity index (χ0v) is 34.2. The van der Waals surface area contributed by atoms with Crippen molar-refractivity contribution >= 4 is 50.6 Å². The Morgan fingerprint density at radius 2 is 1.16 bits per heavy atom. The van der Waals surface area contributed by atoms with Gasteiger partial charge in [-0.2, -0.15) is 29.8 Å². The van der Waals surface area contributed by atoms with E-state index in [1.54, 1.807) is 0 Å². The van der Waals surface area contributed by atoms with E-state index in [2.05, 4.69) is 143 Å². The summed E-state index contributed by atoms with van der Waals surface area (Å²) in [7, 11) is 0. The largest absolute Gasteiger partial charge is 0.147 e. The Hall–Kier alpha value is -3.35. The number of rotatable bonds is 0. The van der Waals surface area contributed by atoms with Gasteiger partial charge in [0, 0.05) is 0 Å². The van der Waals surface area contributed by atoms with Gasteiger partial charge in [0.05, 0.1) is 0 Å². The molecule has 2 aliphatic rings. The van der Waals surface area contributed by atoms with Crippen LogP contribution in [0.4, 0.5) is 0 Å². The van der Waals surface area contributed by atoms with E-state index in [0.29, 0.717) is 0 Å². The Labute approximate surface area is 328 Å². The molecule has 3 heteroatoms. The third kappa shape index (κ3) is 12.2. The van der Waals surface area contributed by atoms with Crippen LogP contribution >= 0.6 is 24.8 Å². The van der Waals surface area contributed by atoms with Gasteiger partial charge in [-0.3, -0.25) is 6.08 Å². The summed E-state index contributed by atoms with van der Waals surface area (Å²) in [4.78, 5) is 0. The SMILES string of the molecule is CC(C)(C)c1[c-]c2c(cc1)-c1ccc(C(C)(C)C)cc1C2.Cl.Cl.[C-]1=CC=CC1.[CH2]=[Zr].[c-]1cccc2ccccc12.[c-]1cccc2ccccc12. The van der Waals surface area contributed by atoms with E-state index in [0.717, 1.165) is 12.8 Å². The van der Waals surface area contributed by atoms with Crippen LogP contribution in [0.3, 0.4) is 0 Å². The molecule has 0 spiro atoms. The molecule has 0 N–H and O–H groups in total. The van der Waals surface area contributed by atoms with E-state index < -0.39 is 0 Å². The first-order valence-electron chi connectivity index (χ1n) is 16.6. The van der Waals surface area contributed by atoms with Crippen LogP contribution in [-0.4, -0.2) is 4.21 Å². The maximum atomic E-state index is 3.67. The van der Waals surface area contributed by atoms with Crippen molar-refractivity contribution in [2.45, 2.75) is 65.2 Å². The molecule has 0 saturated carbocycles. The molecule has 6 aromatic rings. The average Bonchev–Trinajstić information content (AvgIpc) is 3.81. The number of allylic oxidation sites excluding steroid dienone is 4. The van der Waals surface area contributed by atoms with Crippen LogP contribution in [-0.2, 0) is 41.5 Å². The topological polar surface area (TPSA) is 0 Å². The van der Waals surface area contributed by atoms with Crippen molar-refractivity contribution in [1.82, 2.24) is 0 Å². The molecule has 0 unspecified atom stereocenters. The first-order valence-corrected chi connectivity index (χ1v) is 18.3. The van der Waals surface area contributed by atoms with Crippen LogP contribution < -0.4 is 0 Å². The maximum absolute atomic E-state index is 3.67. The van der Waals surface area contributed by atoms with E-state index >= 15 is 0 Å². The van der Waals surface area contributed by atoms with Crippen molar-refractivity contribution in [2.24, 2.45) is 0 Å². The molecule has 258 valence electrons. The predicted molar refractivity (Wildman–Crippen MR) is 220 cm³/mol. The van der Waals surface area contributed by atoms with Crippen molar-refractivity contribution in [3.63, 3.8) is 0 Å². The van der Waals surface area contributed by atoms with E-state index in [4.69, 9.17) is 0 Å². The van der Waals surface area contributed by atoms with Gasteiger partial charge in [-0.05, 0) is 28.4 Å². The number of fused-ring (bicyclic) bond motifs is 5. The molecule has 0 saturated heterocycles. The third-order valence-corrected chi connectivity index (χ3v) is 8.19. The van der Waals surface area contributed by atoms with Gasteiger partial charge in [-0.1, -0.05) is 89.6 Å². The Kier molecular flexibility index (Phi) is 17.5. The fraction of sp³-hybridized carbons (Fsp3) is 0.213. The minimum absolute atomic E-state index is 0. The molecule has 0 amide bonds. The van der Waals surface area contributed by atoms with Gasteiger partial charge in [0.1, 0.15) is 0 Å². The smallest absolute Gasteiger partial charge is 0.0801 e. The average molecular weight is 775 g/mol. The second kappa shape index (κ2) is 20.5. The van der Waals surface area contributed by atoms with Crippen molar-refractivity contribution in [3.05, 3.63) is 180 Å². The summed E-state index contributed by atoms with van der Waals surface area (Å²) in [5.41, 5.74) is 8.70. The van der Waals surface area contributed by atoms with E-state index in [9.17, 15) is 0 Å². The molecule has 0 bridgehead atoms. The normalized spacial score (nSPS) is 11.7. The molecular formula is C47H48Cl2Zr-4. The van der Waals surface area contributed by atoms with E-state index in [-0.39, 0.29) is 35.6 Å². The molecule has 8 rings (SSSR count). The number of hydrogen-bond donors (Lipinski definition) is 0. The molecule has 50 heavy (non-hydrogen) atoms. The van der Waals surface area contributed by atoms with Gasteiger partial charge in [-0.25, -0.2) is 12.2 Å². The standard InChI is InChI=1S/C21H25.2C10H7.C5H5.CH2.2ClH.Zr/c1-20(2,3)16-7-9-18-14(12-16)11-15-13-17(21(4,5)6)8-10-19(15)18;2*1-2-6-10-8-4-3-7-9(10)5-1;1-2-4-5-3-1;;;;/h7-10,12H,11H2,1-6H3;2*1-7H;1-3H,4H2;1H2;2*1H;/q4*-1;;;;. The van der Waals surface area contributed by atoms with Gasteiger partial charge in [-0.15, -0.1) is 137 Å². The van der Waals surface area contributed by atoms with Crippen molar-refractivity contribution < 1.29 is 24.2 Å². The molecule has 0 aromatic heterocycles. The fourth-order valence-electron chi connectivity index (χ4n) is 5.49. The van der Waals surface area contributed by atoms with Crippen LogP contribution in [0, 0.1) is 24.3 Å². The fourth-order valence-corrected chi connectivity index (χ4v) is 5.49. The number of benzene rings is 6. The molecule has 0 nitrogen and oxygen atoms in total. The van der Waals surface area contributed by atoms with Crippen LogP contribution in [0.1, 0.15) is 70.2 Å². The van der Waals surface area contributed by atoms with E-state index in [1.165, 1.54) is 79.2 Å². The summed E-state index contributed by atoms with van der Waals surface area (Å²) in [6, 6.07) is 50.0. The molecule has 0 aliphatic heterocycles. The Morgan fingerprint density at radius 3 is 1.62 bits per heavy atom. The van der Waals surface area contributed by atoms with Crippen LogP contribution in [0.5, 0.6) is 0 Å². The predicted octanol–water partition coefficient (Wildman–Crippen LogP) is 13.0. The Balaban J connectivity index is 0.000000251. The van der Waals surface area contributed by atoms with Gasteiger partial charge in [0.2, 0.25) is 0 Å². The minimum Gasteiger partial charge on any atom is -0.147 e. The second-order valence-electron chi connectivity index (χ2n) is 13.8. The number of hydrogen-bond acceptors (Lipinski definition) is 0. The summed E-state index contributed by atoms with van der Waals surface area (Å²) < 4.78 is 3.34. The zero-order chi connectivity index (χ0) is 34.6. The summed E-state index contributed by atoms with van der Waals surface area (Å²) in [5, 5.41) is 4.88. The van der Waals surface area contributed by atoms with Gasteiger partial charge >= 0.3 is 28.4 Å². The van der Waals surface area contributed by atoms with Gasteiger partial charge < -0.3 is 0 Å². The molecular weight excluding hydrogens is 727 g/mol. The van der Waals surface area contributed by atoms with Crippen LogP contribution in [0.15, 0.2) is 133 Å². The third-order valence-electron chi connectivity index (χ3n) is 8.19. The Morgan fingerprint density at radius 1 is 0.620 bits per heavy atom. The van der Waals surface area contributed by atoms with Crippen LogP contribution in [0.25, 0.3) is 32.7 Å². The first-order chi connectivity index (χ1) is 23.1. The van der Waals surface area contributed by atoms with E-state index in [1.807, 2.05) is 60.7 Å². The molecule has 2 aliphatic carbocycles. The van der Waals surface area contributed by atoms with Gasteiger partial charge in [0.25, 0.3) is 0 Å². The van der Waals surface area contributed by atoms with Crippen molar-refractivity contribution in [3.8, 4) is 11.1 Å². The Bertz CT molecular complexity index is 1720. The summed E-state index contributed by atoms with van der Waals surface area (Å²) in [6.07, 6.45) is 11.0. The monoisotopic (exact) mass is 772 g/mol. The zero-order valence-electron chi connectivity index (χ0n) is 30.1. The summed E-state index contributed by atoms with van der Waals surface area (Å²) >= 11 is 1.30. The first kappa shape index (κ1) is 42.8. The summed E-state index contributed by atoms with van der Waals surface area (Å²) in [6.45, 7) is 13.6. The van der Waals surface area contributed by atoms with Crippen molar-refractivity contribution in [1.29, 1.82) is 0 Å². The second-order valence-corrected chi connectivity index (χ2v) is 13.8. The maximum Gasteiger partial charge on any atom is -0.0801 e. The van der Waals surface area contributed by atoms with Crippen LogP contribution in [0.2, 0.25) is 0 Å².